The minimum absolute atomic E-state index is 0.146. The summed E-state index contributed by atoms with van der Waals surface area (Å²) in [5.74, 6) is 0.773. The van der Waals surface area contributed by atoms with Gasteiger partial charge in [0, 0.05) is 18.9 Å². The lowest BCUT2D eigenvalue weighted by Crippen LogP contribution is -2.31. The highest BCUT2D eigenvalue weighted by Crippen LogP contribution is 2.25. The number of aromatic nitrogens is 4. The van der Waals surface area contributed by atoms with Gasteiger partial charge in [-0.1, -0.05) is 39.3 Å². The molecule has 0 saturated carbocycles. The van der Waals surface area contributed by atoms with Crippen LogP contribution in [-0.2, 0) is 6.54 Å². The second kappa shape index (κ2) is 6.43. The third-order valence-electron chi connectivity index (χ3n) is 3.49. The number of hydrogen-bond acceptors (Lipinski definition) is 3. The van der Waals surface area contributed by atoms with Crippen LogP contribution in [0.25, 0.3) is 5.82 Å². The van der Waals surface area contributed by atoms with E-state index in [1.54, 1.807) is 23.0 Å². The molecule has 2 heterocycles. The zero-order valence-corrected chi connectivity index (χ0v) is 13.6. The summed E-state index contributed by atoms with van der Waals surface area (Å²) in [7, 11) is 0. The molecule has 1 unspecified atom stereocenters. The monoisotopic (exact) mass is 308 g/mol. The number of rotatable bonds is 5. The molecule has 2 aromatic heterocycles. The Hall–Kier alpha value is -1.62. The highest BCUT2D eigenvalue weighted by Gasteiger charge is 2.20. The standard InChI is InChI=1S/C15H21ClN4O/c1-5-11(4)12-13(16)18-14(20-8-6-7-17-20)15(21)19(12)9-10(2)3/h6-8,10-11H,5,9H2,1-4H3. The van der Waals surface area contributed by atoms with Gasteiger partial charge >= 0.3 is 0 Å². The molecule has 0 spiro atoms. The van der Waals surface area contributed by atoms with E-state index in [0.717, 1.165) is 12.1 Å². The van der Waals surface area contributed by atoms with Crippen molar-refractivity contribution in [3.8, 4) is 5.82 Å². The molecule has 21 heavy (non-hydrogen) atoms. The van der Waals surface area contributed by atoms with E-state index in [1.165, 1.54) is 4.68 Å². The molecule has 5 nitrogen and oxygen atoms in total. The Balaban J connectivity index is 2.69. The maximum absolute atomic E-state index is 12.8. The Morgan fingerprint density at radius 2 is 2.05 bits per heavy atom. The smallest absolute Gasteiger partial charge is 0.296 e. The van der Waals surface area contributed by atoms with Gasteiger partial charge in [-0.15, -0.1) is 0 Å². The van der Waals surface area contributed by atoms with Crippen molar-refractivity contribution in [3.63, 3.8) is 0 Å². The Morgan fingerprint density at radius 3 is 2.57 bits per heavy atom. The first-order valence-electron chi connectivity index (χ1n) is 7.25. The van der Waals surface area contributed by atoms with Crippen LogP contribution in [0.15, 0.2) is 23.3 Å². The molecule has 0 aliphatic heterocycles. The van der Waals surface area contributed by atoms with Crippen LogP contribution in [0.5, 0.6) is 0 Å². The third-order valence-corrected chi connectivity index (χ3v) is 3.77. The van der Waals surface area contributed by atoms with Gasteiger partial charge in [-0.25, -0.2) is 9.67 Å². The lowest BCUT2D eigenvalue weighted by Gasteiger charge is -2.20. The van der Waals surface area contributed by atoms with E-state index >= 15 is 0 Å². The minimum Gasteiger partial charge on any atom is -0.306 e. The fraction of sp³-hybridized carbons (Fsp3) is 0.533. The van der Waals surface area contributed by atoms with Gasteiger partial charge in [0.05, 0.1) is 5.69 Å². The second-order valence-corrected chi connectivity index (χ2v) is 6.04. The highest BCUT2D eigenvalue weighted by molar-refractivity contribution is 6.30. The van der Waals surface area contributed by atoms with Crippen molar-refractivity contribution in [1.82, 2.24) is 19.3 Å². The number of nitrogens with zero attached hydrogens (tertiary/aromatic N) is 4. The summed E-state index contributed by atoms with van der Waals surface area (Å²) in [4.78, 5) is 17.1. The van der Waals surface area contributed by atoms with Gasteiger partial charge in [0.15, 0.2) is 5.15 Å². The first-order valence-corrected chi connectivity index (χ1v) is 7.63. The lowest BCUT2D eigenvalue weighted by molar-refractivity contribution is 0.475. The van der Waals surface area contributed by atoms with E-state index in [9.17, 15) is 4.79 Å². The molecule has 0 saturated heterocycles. The zero-order valence-electron chi connectivity index (χ0n) is 12.9. The van der Waals surface area contributed by atoms with Crippen LogP contribution in [0.3, 0.4) is 0 Å². The van der Waals surface area contributed by atoms with Gasteiger partial charge in [0.2, 0.25) is 5.82 Å². The van der Waals surface area contributed by atoms with Gasteiger partial charge in [-0.05, 0) is 24.3 Å². The molecule has 2 rings (SSSR count). The molecule has 114 valence electrons. The molecular weight excluding hydrogens is 288 g/mol. The number of halogens is 1. The van der Waals surface area contributed by atoms with Crippen molar-refractivity contribution in [2.45, 2.75) is 46.6 Å². The zero-order chi connectivity index (χ0) is 15.6. The van der Waals surface area contributed by atoms with Gasteiger partial charge in [-0.3, -0.25) is 4.79 Å². The van der Waals surface area contributed by atoms with Crippen LogP contribution in [-0.4, -0.2) is 19.3 Å². The molecule has 0 aliphatic carbocycles. The predicted molar refractivity (Wildman–Crippen MR) is 84.2 cm³/mol. The molecule has 1 atom stereocenters. The Morgan fingerprint density at radius 1 is 1.33 bits per heavy atom. The van der Waals surface area contributed by atoms with E-state index < -0.39 is 0 Å². The van der Waals surface area contributed by atoms with Crippen LogP contribution in [0.1, 0.15) is 45.7 Å². The molecule has 0 aromatic carbocycles. The maximum Gasteiger partial charge on any atom is 0.296 e. The summed E-state index contributed by atoms with van der Waals surface area (Å²) >= 11 is 6.37. The average molecular weight is 309 g/mol. The summed E-state index contributed by atoms with van der Waals surface area (Å²) in [5, 5.41) is 4.47. The van der Waals surface area contributed by atoms with Crippen LogP contribution in [0.4, 0.5) is 0 Å². The molecule has 0 amide bonds. The number of hydrogen-bond donors (Lipinski definition) is 0. The van der Waals surface area contributed by atoms with Crippen LogP contribution in [0.2, 0.25) is 5.15 Å². The van der Waals surface area contributed by atoms with E-state index in [4.69, 9.17) is 11.6 Å². The molecule has 0 radical (unpaired) electrons. The third kappa shape index (κ3) is 3.18. The first kappa shape index (κ1) is 15.8. The summed E-state index contributed by atoms with van der Waals surface area (Å²) in [6, 6.07) is 1.75. The SMILES string of the molecule is CCC(C)c1c(Cl)nc(-n2cccn2)c(=O)n1CC(C)C. The molecule has 2 aromatic rings. The van der Waals surface area contributed by atoms with Crippen LogP contribution >= 0.6 is 11.6 Å². The highest BCUT2D eigenvalue weighted by atomic mass is 35.5. The van der Waals surface area contributed by atoms with Crippen molar-refractivity contribution in [2.24, 2.45) is 5.92 Å². The van der Waals surface area contributed by atoms with Gasteiger partial charge in [-0.2, -0.15) is 5.10 Å². The lowest BCUT2D eigenvalue weighted by atomic mass is 10.0. The van der Waals surface area contributed by atoms with Crippen molar-refractivity contribution < 1.29 is 0 Å². The molecule has 0 fully saturated rings. The Kier molecular flexibility index (Phi) is 4.83. The van der Waals surface area contributed by atoms with Crippen LogP contribution < -0.4 is 5.56 Å². The van der Waals surface area contributed by atoms with E-state index in [0.29, 0.717) is 17.6 Å². The van der Waals surface area contributed by atoms with Gasteiger partial charge in [0.1, 0.15) is 0 Å². The summed E-state index contributed by atoms with van der Waals surface area (Å²) in [6.45, 7) is 8.91. The van der Waals surface area contributed by atoms with Gasteiger partial charge in [0.25, 0.3) is 5.56 Å². The molecule has 0 aliphatic rings. The molecule has 6 heteroatoms. The fourth-order valence-corrected chi connectivity index (χ4v) is 2.66. The first-order chi connectivity index (χ1) is 9.95. The summed E-state index contributed by atoms with van der Waals surface area (Å²) < 4.78 is 3.22. The topological polar surface area (TPSA) is 52.7 Å². The molecule has 0 bridgehead atoms. The van der Waals surface area contributed by atoms with Crippen molar-refractivity contribution in [2.75, 3.05) is 0 Å². The predicted octanol–water partition coefficient (Wildman–Crippen LogP) is 3.25. The van der Waals surface area contributed by atoms with Crippen molar-refractivity contribution in [1.29, 1.82) is 0 Å². The Labute approximate surface area is 129 Å². The van der Waals surface area contributed by atoms with Crippen molar-refractivity contribution >= 4 is 11.6 Å². The average Bonchev–Trinajstić information content (AvgIpc) is 2.95. The maximum atomic E-state index is 12.8. The minimum atomic E-state index is -0.146. The fourth-order valence-electron chi connectivity index (χ4n) is 2.29. The second-order valence-electron chi connectivity index (χ2n) is 5.68. The van der Waals surface area contributed by atoms with E-state index in [1.807, 2.05) is 0 Å². The van der Waals surface area contributed by atoms with E-state index in [2.05, 4.69) is 37.8 Å². The van der Waals surface area contributed by atoms with Gasteiger partial charge < -0.3 is 4.57 Å². The van der Waals surface area contributed by atoms with Crippen molar-refractivity contribution in [3.05, 3.63) is 39.7 Å². The molecular formula is C15H21ClN4O. The summed E-state index contributed by atoms with van der Waals surface area (Å²) in [5.41, 5.74) is 0.667. The van der Waals surface area contributed by atoms with E-state index in [-0.39, 0.29) is 17.3 Å². The normalized spacial score (nSPS) is 12.9. The van der Waals surface area contributed by atoms with Crippen LogP contribution in [0, 0.1) is 5.92 Å². The summed E-state index contributed by atoms with van der Waals surface area (Å²) in [6.07, 6.45) is 4.22. The largest absolute Gasteiger partial charge is 0.306 e. The Bertz CT molecular complexity index is 661. The quantitative estimate of drug-likeness (QED) is 0.852. The molecule has 0 N–H and O–H groups in total.